The summed E-state index contributed by atoms with van der Waals surface area (Å²) in [7, 11) is -0.244. The number of nitrogens with zero attached hydrogens (tertiary/aromatic N) is 1. The molecule has 0 spiro atoms. The third kappa shape index (κ3) is 1.58. The van der Waals surface area contributed by atoms with Crippen molar-refractivity contribution < 1.29 is 4.43 Å². The zero-order chi connectivity index (χ0) is 5.82. The van der Waals surface area contributed by atoms with Gasteiger partial charge in [-0.3, -0.25) is 0 Å². The zero-order valence-electron chi connectivity index (χ0n) is 5.39. The summed E-state index contributed by atoms with van der Waals surface area (Å²) in [6.45, 7) is 5.68. The van der Waals surface area contributed by atoms with E-state index in [0.29, 0.717) is 0 Å². The Balaban J connectivity index is 2.13. The van der Waals surface area contributed by atoms with Gasteiger partial charge >= 0.3 is 0 Å². The Kier molecular flexibility index (Phi) is 2.52. The van der Waals surface area contributed by atoms with Crippen LogP contribution in [0.2, 0.25) is 0 Å². The van der Waals surface area contributed by atoms with E-state index in [1.54, 1.807) is 0 Å². The third-order valence-corrected chi connectivity index (χ3v) is 3.08. The van der Waals surface area contributed by atoms with E-state index in [-0.39, 0.29) is 9.92 Å². The molecule has 1 heterocycles. The van der Waals surface area contributed by atoms with Crippen LogP contribution < -0.4 is 0 Å². The van der Waals surface area contributed by atoms with Gasteiger partial charge in [0, 0.05) is 6.61 Å². The van der Waals surface area contributed by atoms with Crippen LogP contribution in [0, 0.1) is 0 Å². The van der Waals surface area contributed by atoms with Gasteiger partial charge in [-0.1, -0.05) is 6.92 Å². The molecule has 0 radical (unpaired) electrons. The molecule has 48 valence electrons. The Morgan fingerprint density at radius 3 is 3.00 bits per heavy atom. The molecule has 0 unspecified atom stereocenters. The van der Waals surface area contributed by atoms with E-state index in [2.05, 4.69) is 11.5 Å². The fourth-order valence-corrected chi connectivity index (χ4v) is 2.02. The van der Waals surface area contributed by atoms with Crippen molar-refractivity contribution >= 4 is 9.92 Å². The van der Waals surface area contributed by atoms with Crippen molar-refractivity contribution in [2.45, 2.75) is 13.3 Å². The standard InChI is InChI=1S/C5H13NOSi/c1-2-6-4-3-5-7-8-6/h2-5,8H2,1H3. The monoisotopic (exact) mass is 131 g/mol. The maximum atomic E-state index is 5.34. The van der Waals surface area contributed by atoms with Crippen LogP contribution in [-0.4, -0.2) is 34.2 Å². The second kappa shape index (κ2) is 3.22. The van der Waals surface area contributed by atoms with Crippen LogP contribution in [0.3, 0.4) is 0 Å². The molecule has 1 aliphatic heterocycles. The highest BCUT2D eigenvalue weighted by Gasteiger charge is 2.06. The fraction of sp³-hybridized carbons (Fsp3) is 1.00. The van der Waals surface area contributed by atoms with Crippen LogP contribution in [0.4, 0.5) is 0 Å². The summed E-state index contributed by atoms with van der Waals surface area (Å²) in [5.74, 6) is 0. The minimum Gasteiger partial charge on any atom is -0.408 e. The number of rotatable bonds is 1. The smallest absolute Gasteiger partial charge is 0.238 e. The molecule has 1 rings (SSSR count). The van der Waals surface area contributed by atoms with Gasteiger partial charge in [0.2, 0.25) is 9.92 Å². The van der Waals surface area contributed by atoms with Gasteiger partial charge in [0.25, 0.3) is 0 Å². The van der Waals surface area contributed by atoms with Gasteiger partial charge in [-0.15, -0.1) is 0 Å². The topological polar surface area (TPSA) is 12.5 Å². The Bertz CT molecular complexity index is 63.4. The molecule has 1 fully saturated rings. The Hall–Kier alpha value is 0.137. The lowest BCUT2D eigenvalue weighted by molar-refractivity contribution is 0.225. The van der Waals surface area contributed by atoms with E-state index in [1.165, 1.54) is 19.5 Å². The summed E-state index contributed by atoms with van der Waals surface area (Å²) in [5, 5.41) is 0. The lowest BCUT2D eigenvalue weighted by Gasteiger charge is -2.24. The van der Waals surface area contributed by atoms with Crippen molar-refractivity contribution in [1.29, 1.82) is 0 Å². The Morgan fingerprint density at radius 2 is 2.62 bits per heavy atom. The van der Waals surface area contributed by atoms with Crippen molar-refractivity contribution in [3.05, 3.63) is 0 Å². The van der Waals surface area contributed by atoms with E-state index < -0.39 is 0 Å². The molecule has 0 aromatic heterocycles. The summed E-state index contributed by atoms with van der Waals surface area (Å²) in [6.07, 6.45) is 1.24. The summed E-state index contributed by atoms with van der Waals surface area (Å²) in [5.41, 5.74) is 0. The van der Waals surface area contributed by atoms with Gasteiger partial charge in [-0.25, -0.2) is 0 Å². The van der Waals surface area contributed by atoms with Crippen LogP contribution in [0.1, 0.15) is 13.3 Å². The summed E-state index contributed by atoms with van der Waals surface area (Å²) >= 11 is 0. The second-order valence-corrected chi connectivity index (χ2v) is 3.66. The molecule has 3 heteroatoms. The first-order valence-electron chi connectivity index (χ1n) is 3.23. The van der Waals surface area contributed by atoms with Crippen LogP contribution in [0.15, 0.2) is 0 Å². The van der Waals surface area contributed by atoms with E-state index in [0.717, 1.165) is 6.61 Å². The summed E-state index contributed by atoms with van der Waals surface area (Å²) < 4.78 is 7.77. The molecular formula is C5H13NOSi. The highest BCUT2D eigenvalue weighted by molar-refractivity contribution is 6.23. The van der Waals surface area contributed by atoms with Gasteiger partial charge < -0.3 is 8.99 Å². The summed E-state index contributed by atoms with van der Waals surface area (Å²) in [6, 6.07) is 0. The van der Waals surface area contributed by atoms with Gasteiger partial charge in [-0.2, -0.15) is 0 Å². The van der Waals surface area contributed by atoms with Crippen molar-refractivity contribution in [1.82, 2.24) is 4.57 Å². The Morgan fingerprint density at radius 1 is 1.75 bits per heavy atom. The quantitative estimate of drug-likeness (QED) is 0.454. The molecule has 2 nitrogen and oxygen atoms in total. The van der Waals surface area contributed by atoms with E-state index in [9.17, 15) is 0 Å². The first kappa shape index (κ1) is 6.26. The van der Waals surface area contributed by atoms with Crippen LogP contribution in [0.5, 0.6) is 0 Å². The predicted octanol–water partition coefficient (Wildman–Crippen LogP) is -0.273. The molecule has 1 saturated heterocycles. The first-order valence-corrected chi connectivity index (χ1v) is 4.44. The molecule has 0 saturated carbocycles. The van der Waals surface area contributed by atoms with Crippen molar-refractivity contribution in [3.63, 3.8) is 0 Å². The zero-order valence-corrected chi connectivity index (χ0v) is 6.81. The van der Waals surface area contributed by atoms with E-state index in [4.69, 9.17) is 4.43 Å². The fourth-order valence-electron chi connectivity index (χ4n) is 0.898. The SMILES string of the molecule is CCN1CCCO[SiH2]1. The number of hydrogen-bond acceptors (Lipinski definition) is 2. The molecule has 0 aliphatic carbocycles. The molecular weight excluding hydrogens is 118 g/mol. The van der Waals surface area contributed by atoms with Gasteiger partial charge in [0.15, 0.2) is 0 Å². The average molecular weight is 131 g/mol. The van der Waals surface area contributed by atoms with Crippen LogP contribution in [0.25, 0.3) is 0 Å². The molecule has 0 N–H and O–H groups in total. The predicted molar refractivity (Wildman–Crippen MR) is 36.4 cm³/mol. The largest absolute Gasteiger partial charge is 0.408 e. The second-order valence-electron chi connectivity index (χ2n) is 2.10. The average Bonchev–Trinajstić information content (AvgIpc) is 1.90. The molecule has 0 aromatic carbocycles. The highest BCUT2D eigenvalue weighted by atomic mass is 28.2. The van der Waals surface area contributed by atoms with Gasteiger partial charge in [-0.05, 0) is 19.5 Å². The van der Waals surface area contributed by atoms with Crippen molar-refractivity contribution in [2.24, 2.45) is 0 Å². The normalized spacial score (nSPS) is 26.6. The highest BCUT2D eigenvalue weighted by Crippen LogP contribution is 1.96. The third-order valence-electron chi connectivity index (χ3n) is 1.48. The maximum Gasteiger partial charge on any atom is 0.238 e. The van der Waals surface area contributed by atoms with Crippen molar-refractivity contribution in [3.8, 4) is 0 Å². The van der Waals surface area contributed by atoms with E-state index in [1.807, 2.05) is 0 Å². The Labute approximate surface area is 52.8 Å². The summed E-state index contributed by atoms with van der Waals surface area (Å²) in [4.78, 5) is 0. The molecule has 8 heavy (non-hydrogen) atoms. The minimum atomic E-state index is -0.244. The van der Waals surface area contributed by atoms with E-state index >= 15 is 0 Å². The van der Waals surface area contributed by atoms with Crippen molar-refractivity contribution in [2.75, 3.05) is 19.7 Å². The minimum absolute atomic E-state index is 0.244. The lowest BCUT2D eigenvalue weighted by atomic mass is 10.4. The molecule has 0 bridgehead atoms. The molecule has 0 aromatic rings. The van der Waals surface area contributed by atoms with Gasteiger partial charge in [0.05, 0.1) is 0 Å². The van der Waals surface area contributed by atoms with Crippen LogP contribution in [-0.2, 0) is 4.43 Å². The first-order chi connectivity index (χ1) is 3.93. The lowest BCUT2D eigenvalue weighted by Crippen LogP contribution is -2.35. The van der Waals surface area contributed by atoms with Crippen LogP contribution >= 0.6 is 0 Å². The molecule has 0 atom stereocenters. The number of hydrogen-bond donors (Lipinski definition) is 0. The molecule has 0 amide bonds. The maximum absolute atomic E-state index is 5.34. The van der Waals surface area contributed by atoms with Gasteiger partial charge in [0.1, 0.15) is 0 Å². The molecule has 1 aliphatic rings.